The van der Waals surface area contributed by atoms with E-state index in [1.54, 1.807) is 36.7 Å². The van der Waals surface area contributed by atoms with Crippen LogP contribution in [0.1, 0.15) is 10.4 Å². The number of carbonyl (C=O) groups excluding carboxylic acids is 1. The summed E-state index contributed by atoms with van der Waals surface area (Å²) < 4.78 is 9.78. The van der Waals surface area contributed by atoms with Crippen molar-refractivity contribution in [1.82, 2.24) is 14.3 Å². The van der Waals surface area contributed by atoms with Gasteiger partial charge in [-0.25, -0.2) is 9.78 Å². The molecule has 0 saturated carbocycles. The fraction of sp³-hybridized carbons (Fsp3) is 0. The highest BCUT2D eigenvalue weighted by molar-refractivity contribution is 7.09. The first-order valence-corrected chi connectivity index (χ1v) is 8.69. The van der Waals surface area contributed by atoms with Crippen LogP contribution >= 0.6 is 11.5 Å². The van der Waals surface area contributed by atoms with Gasteiger partial charge in [-0.3, -0.25) is 4.98 Å². The third-order valence-corrected chi connectivity index (χ3v) is 4.45. The van der Waals surface area contributed by atoms with Crippen molar-refractivity contribution >= 4 is 17.5 Å². The third-order valence-electron chi connectivity index (χ3n) is 3.69. The van der Waals surface area contributed by atoms with Crippen LogP contribution < -0.4 is 4.74 Å². The van der Waals surface area contributed by atoms with Crippen molar-refractivity contribution in [2.75, 3.05) is 0 Å². The monoisotopic (exact) mass is 359 g/mol. The van der Waals surface area contributed by atoms with Gasteiger partial charge >= 0.3 is 5.97 Å². The number of rotatable bonds is 4. The van der Waals surface area contributed by atoms with Gasteiger partial charge in [0.1, 0.15) is 10.8 Å². The van der Waals surface area contributed by atoms with Crippen molar-refractivity contribution in [3.63, 3.8) is 0 Å². The van der Waals surface area contributed by atoms with Crippen molar-refractivity contribution in [2.45, 2.75) is 0 Å². The Hall–Kier alpha value is -3.38. The number of hydrogen-bond acceptors (Lipinski definition) is 6. The lowest BCUT2D eigenvalue weighted by atomic mass is 10.2. The molecule has 4 aromatic rings. The van der Waals surface area contributed by atoms with Gasteiger partial charge < -0.3 is 4.74 Å². The summed E-state index contributed by atoms with van der Waals surface area (Å²) in [6.45, 7) is 0. The van der Waals surface area contributed by atoms with Crippen molar-refractivity contribution in [2.24, 2.45) is 0 Å². The Balaban J connectivity index is 1.50. The number of pyridine rings is 1. The van der Waals surface area contributed by atoms with Gasteiger partial charge in [-0.1, -0.05) is 30.3 Å². The van der Waals surface area contributed by atoms with Gasteiger partial charge in [0.25, 0.3) is 0 Å². The highest BCUT2D eigenvalue weighted by atomic mass is 32.1. The molecule has 2 aromatic carbocycles. The summed E-state index contributed by atoms with van der Waals surface area (Å²) in [4.78, 5) is 20.5. The molecule has 2 aromatic heterocycles. The largest absolute Gasteiger partial charge is 0.423 e. The Labute approximate surface area is 154 Å². The summed E-state index contributed by atoms with van der Waals surface area (Å²) in [6, 6.07) is 20.3. The lowest BCUT2D eigenvalue weighted by Gasteiger charge is -2.04. The summed E-state index contributed by atoms with van der Waals surface area (Å²) in [7, 11) is 0. The Kier molecular flexibility index (Phi) is 4.49. The molecule has 0 radical (unpaired) electrons. The Bertz CT molecular complexity index is 1020. The highest BCUT2D eigenvalue weighted by Gasteiger charge is 2.10. The molecule has 0 atom stereocenters. The van der Waals surface area contributed by atoms with E-state index in [0.717, 1.165) is 16.1 Å². The van der Waals surface area contributed by atoms with Gasteiger partial charge in [-0.15, -0.1) is 0 Å². The quantitative estimate of drug-likeness (QED) is 0.397. The van der Waals surface area contributed by atoms with Crippen LogP contribution in [0.4, 0.5) is 0 Å². The van der Waals surface area contributed by atoms with Crippen LogP contribution in [0.3, 0.4) is 0 Å². The summed E-state index contributed by atoms with van der Waals surface area (Å²) in [5.74, 6) is 0.702. The molecule has 0 unspecified atom stereocenters. The van der Waals surface area contributed by atoms with E-state index >= 15 is 0 Å². The van der Waals surface area contributed by atoms with E-state index in [-0.39, 0.29) is 0 Å². The van der Waals surface area contributed by atoms with E-state index in [2.05, 4.69) is 14.3 Å². The predicted octanol–water partition coefficient (Wildman–Crippen LogP) is 4.49. The van der Waals surface area contributed by atoms with Crippen LogP contribution in [0.2, 0.25) is 0 Å². The molecule has 6 heteroatoms. The average molecular weight is 359 g/mol. The summed E-state index contributed by atoms with van der Waals surface area (Å²) in [5, 5.41) is 0.869. The van der Waals surface area contributed by atoms with Gasteiger partial charge in [0.05, 0.1) is 5.56 Å². The van der Waals surface area contributed by atoms with Crippen molar-refractivity contribution in [3.05, 3.63) is 84.7 Å². The van der Waals surface area contributed by atoms with E-state index in [1.165, 1.54) is 11.5 Å². The number of hydrogen-bond donors (Lipinski definition) is 0. The maximum absolute atomic E-state index is 12.1. The summed E-state index contributed by atoms with van der Waals surface area (Å²) in [6.07, 6.45) is 3.11. The zero-order chi connectivity index (χ0) is 17.8. The number of aromatic nitrogens is 3. The third kappa shape index (κ3) is 3.50. The molecule has 26 heavy (non-hydrogen) atoms. The van der Waals surface area contributed by atoms with E-state index in [9.17, 15) is 4.79 Å². The van der Waals surface area contributed by atoms with Gasteiger partial charge in [0.15, 0.2) is 5.82 Å². The van der Waals surface area contributed by atoms with Crippen molar-refractivity contribution in [3.8, 4) is 27.7 Å². The maximum atomic E-state index is 12.1. The van der Waals surface area contributed by atoms with Crippen LogP contribution in [0.5, 0.6) is 5.75 Å². The zero-order valence-electron chi connectivity index (χ0n) is 13.6. The number of carbonyl (C=O) groups is 1. The van der Waals surface area contributed by atoms with E-state index in [4.69, 9.17) is 4.74 Å². The van der Waals surface area contributed by atoms with E-state index in [0.29, 0.717) is 17.1 Å². The number of benzene rings is 2. The minimum Gasteiger partial charge on any atom is -0.423 e. The van der Waals surface area contributed by atoms with Crippen LogP contribution in [-0.2, 0) is 0 Å². The molecular formula is C20H13N3O2S. The molecular weight excluding hydrogens is 346 g/mol. The topological polar surface area (TPSA) is 65.0 Å². The van der Waals surface area contributed by atoms with Gasteiger partial charge in [0.2, 0.25) is 0 Å². The van der Waals surface area contributed by atoms with Crippen LogP contribution in [0.25, 0.3) is 22.0 Å². The molecule has 0 N–H and O–H groups in total. The fourth-order valence-electron chi connectivity index (χ4n) is 2.36. The molecule has 2 heterocycles. The van der Waals surface area contributed by atoms with Crippen molar-refractivity contribution < 1.29 is 9.53 Å². The highest BCUT2D eigenvalue weighted by Crippen LogP contribution is 2.27. The van der Waals surface area contributed by atoms with E-state index in [1.807, 2.05) is 42.5 Å². The van der Waals surface area contributed by atoms with Crippen LogP contribution in [0.15, 0.2) is 79.1 Å². The lowest BCUT2D eigenvalue weighted by molar-refractivity contribution is 0.0734. The molecule has 4 rings (SSSR count). The predicted molar refractivity (Wildman–Crippen MR) is 100.0 cm³/mol. The minimum absolute atomic E-state index is 0.418. The Morgan fingerprint density at radius 3 is 2.31 bits per heavy atom. The summed E-state index contributed by atoms with van der Waals surface area (Å²) >= 11 is 1.36. The van der Waals surface area contributed by atoms with Gasteiger partial charge in [-0.2, -0.15) is 4.37 Å². The second kappa shape index (κ2) is 7.25. The smallest absolute Gasteiger partial charge is 0.343 e. The standard InChI is InChI=1S/C20H13N3O2S/c24-20(16-10-12-21-13-11-16)25-17-8-6-14(7-9-17)18-22-19(26-23-18)15-4-2-1-3-5-15/h1-13H. The molecule has 0 bridgehead atoms. The lowest BCUT2D eigenvalue weighted by Crippen LogP contribution is -2.08. The van der Waals surface area contributed by atoms with Crippen LogP contribution in [0, 0.1) is 0 Å². The summed E-state index contributed by atoms with van der Waals surface area (Å²) in [5.41, 5.74) is 2.36. The molecule has 126 valence electrons. The normalized spacial score (nSPS) is 10.5. The molecule has 0 fully saturated rings. The van der Waals surface area contributed by atoms with Gasteiger partial charge in [0, 0.05) is 23.5 Å². The van der Waals surface area contributed by atoms with Crippen LogP contribution in [-0.4, -0.2) is 20.3 Å². The second-order valence-electron chi connectivity index (χ2n) is 5.44. The second-order valence-corrected chi connectivity index (χ2v) is 6.19. The zero-order valence-corrected chi connectivity index (χ0v) is 14.4. The first-order valence-electron chi connectivity index (χ1n) is 7.91. The molecule has 0 amide bonds. The molecule has 0 spiro atoms. The first-order chi connectivity index (χ1) is 12.8. The van der Waals surface area contributed by atoms with Crippen molar-refractivity contribution in [1.29, 1.82) is 0 Å². The molecule has 0 aliphatic rings. The SMILES string of the molecule is O=C(Oc1ccc(-c2nsc(-c3ccccc3)n2)cc1)c1ccncc1. The van der Waals surface area contributed by atoms with Gasteiger partial charge in [-0.05, 0) is 47.9 Å². The number of esters is 1. The van der Waals surface area contributed by atoms with E-state index < -0.39 is 5.97 Å². The molecule has 5 nitrogen and oxygen atoms in total. The number of nitrogens with zero attached hydrogens (tertiary/aromatic N) is 3. The molecule has 0 aliphatic carbocycles. The first kappa shape index (κ1) is 16.1. The number of ether oxygens (including phenoxy) is 1. The maximum Gasteiger partial charge on any atom is 0.343 e. The molecule has 0 aliphatic heterocycles. The Morgan fingerprint density at radius 2 is 1.58 bits per heavy atom. The minimum atomic E-state index is -0.418. The molecule has 0 saturated heterocycles. The fourth-order valence-corrected chi connectivity index (χ4v) is 3.05. The average Bonchev–Trinajstić information content (AvgIpc) is 3.20. The Morgan fingerprint density at radius 1 is 0.846 bits per heavy atom.